The Labute approximate surface area is 335 Å². The summed E-state index contributed by atoms with van der Waals surface area (Å²) in [6, 6.07) is 4.87. The van der Waals surface area contributed by atoms with Crippen LogP contribution in [0.2, 0.25) is 0 Å². The van der Waals surface area contributed by atoms with Gasteiger partial charge in [0.05, 0.1) is 20.3 Å². The van der Waals surface area contributed by atoms with Gasteiger partial charge in [0, 0.05) is 33.4 Å². The molecule has 0 radical (unpaired) electrons. The van der Waals surface area contributed by atoms with E-state index in [-0.39, 0.29) is 98.8 Å². The Hall–Kier alpha value is -3.18. The van der Waals surface area contributed by atoms with Crippen LogP contribution < -0.4 is 74.1 Å². The molecule has 0 aliphatic rings. The summed E-state index contributed by atoms with van der Waals surface area (Å²) in [5, 5.41) is 35.8. The van der Waals surface area contributed by atoms with Gasteiger partial charge in [-0.3, -0.25) is 0 Å². The zero-order valence-corrected chi connectivity index (χ0v) is 32.7. The summed E-state index contributed by atoms with van der Waals surface area (Å²) >= 11 is 1.06. The van der Waals surface area contributed by atoms with Crippen LogP contribution in [-0.2, 0) is 21.8 Å². The molecule has 0 aliphatic heterocycles. The maximum atomic E-state index is 14.7. The summed E-state index contributed by atoms with van der Waals surface area (Å²) in [5.41, 5.74) is -7.87. The minimum atomic E-state index is -5.47. The number of halogens is 6. The fourth-order valence-electron chi connectivity index (χ4n) is 4.71. The van der Waals surface area contributed by atoms with Gasteiger partial charge >= 0.3 is 83.4 Å². The first-order chi connectivity index (χ1) is 23.1. The molecule has 0 saturated heterocycles. The van der Waals surface area contributed by atoms with Crippen LogP contribution in [0.25, 0.3) is 10.3 Å². The average molecular weight is 777 g/mol. The molecular weight excluding hydrogens is 756 g/mol. The first-order valence-corrected chi connectivity index (χ1v) is 15.5. The van der Waals surface area contributed by atoms with E-state index in [1.165, 1.54) is 32.0 Å². The second-order valence-electron chi connectivity index (χ2n) is 9.60. The van der Waals surface area contributed by atoms with Crippen molar-refractivity contribution in [1.29, 1.82) is 0 Å². The quantitative estimate of drug-likeness (QED) is 0.0940. The molecule has 5 aromatic rings. The number of rotatable bonds is 10. The van der Waals surface area contributed by atoms with E-state index in [0.717, 1.165) is 23.9 Å². The van der Waals surface area contributed by atoms with E-state index in [1.54, 1.807) is 0 Å². The number of aromatic nitrogens is 6. The van der Waals surface area contributed by atoms with E-state index in [2.05, 4.69) is 20.2 Å². The van der Waals surface area contributed by atoms with E-state index in [9.17, 15) is 46.1 Å². The molecule has 0 fully saturated rings. The standard InChI is InChI=1S/C28H22F6N6O7S2.2Na/c1-4-46-23(43)13-10-48-25(35-13)39-21(41)17(19(37-39)27(29,30)31)16(12-8-6-7-9-15(12)45-3)18-20(28(32,33)34)38-40(22(18)42)26-36-14(11-49-26)24(44)47-5-2;;/h6-11,16,41-42H,4-5H2,1-3H3;;/q;2*+1/p-2. The number of ether oxygens (including phenoxy) is 3. The van der Waals surface area contributed by atoms with Gasteiger partial charge in [0.15, 0.2) is 22.8 Å². The second-order valence-corrected chi connectivity index (χ2v) is 11.3. The Morgan fingerprint density at radius 3 is 1.57 bits per heavy atom. The zero-order valence-electron chi connectivity index (χ0n) is 27.1. The Balaban J connectivity index is 0.00000351. The van der Waals surface area contributed by atoms with Crippen LogP contribution in [0.3, 0.4) is 0 Å². The minimum absolute atomic E-state index is 0. The van der Waals surface area contributed by atoms with E-state index in [4.69, 9.17) is 14.2 Å². The normalized spacial score (nSPS) is 11.6. The Morgan fingerprint density at radius 2 is 1.20 bits per heavy atom. The number of alkyl halides is 6. The van der Waals surface area contributed by atoms with Gasteiger partial charge in [-0.05, 0) is 31.7 Å². The number of para-hydroxylation sites is 1. The van der Waals surface area contributed by atoms with E-state index in [1.807, 2.05) is 0 Å². The van der Waals surface area contributed by atoms with Gasteiger partial charge in [0.1, 0.15) is 5.75 Å². The Bertz CT molecular complexity index is 1910. The molecule has 0 amide bonds. The molecule has 0 saturated carbocycles. The molecule has 4 aromatic heterocycles. The fraction of sp³-hybridized carbons (Fsp3) is 0.286. The van der Waals surface area contributed by atoms with Crippen LogP contribution in [0.5, 0.6) is 17.5 Å². The average Bonchev–Trinajstić information content (AvgIpc) is 3.84. The van der Waals surface area contributed by atoms with Crippen LogP contribution >= 0.6 is 22.7 Å². The van der Waals surface area contributed by atoms with Gasteiger partial charge < -0.3 is 24.4 Å². The maximum absolute atomic E-state index is 14.7. The molecule has 0 bridgehead atoms. The van der Waals surface area contributed by atoms with Crippen LogP contribution in [0, 0.1) is 0 Å². The molecule has 0 unspecified atom stereocenters. The van der Waals surface area contributed by atoms with Crippen LogP contribution in [0.15, 0.2) is 35.0 Å². The zero-order chi connectivity index (χ0) is 35.8. The number of methoxy groups -OCH3 is 1. The van der Waals surface area contributed by atoms with Crippen molar-refractivity contribution in [2.75, 3.05) is 20.3 Å². The number of esters is 2. The molecule has 260 valence electrons. The van der Waals surface area contributed by atoms with Crippen LogP contribution in [0.1, 0.15) is 68.8 Å². The molecule has 0 N–H and O–H groups in total. The predicted octanol–water partition coefficient (Wildman–Crippen LogP) is -1.29. The van der Waals surface area contributed by atoms with Crippen molar-refractivity contribution in [2.24, 2.45) is 0 Å². The molecule has 0 spiro atoms. The monoisotopic (exact) mass is 776 g/mol. The van der Waals surface area contributed by atoms with Gasteiger partial charge in [0.25, 0.3) is 0 Å². The van der Waals surface area contributed by atoms with Gasteiger partial charge in [-0.2, -0.15) is 36.5 Å². The van der Waals surface area contributed by atoms with Crippen LogP contribution in [-0.4, -0.2) is 61.8 Å². The number of nitrogens with zero attached hydrogens (tertiary/aromatic N) is 6. The molecule has 13 nitrogen and oxygen atoms in total. The summed E-state index contributed by atoms with van der Waals surface area (Å²) in [5.74, 6) is -7.86. The van der Waals surface area contributed by atoms with Gasteiger partial charge in [-0.25, -0.2) is 28.9 Å². The predicted molar refractivity (Wildman–Crippen MR) is 153 cm³/mol. The third kappa shape index (κ3) is 8.40. The number of hydrogen-bond acceptors (Lipinski definition) is 13. The summed E-state index contributed by atoms with van der Waals surface area (Å²) in [6.07, 6.45) is -10.9. The number of carbonyl (C=O) groups excluding carboxylic acids is 2. The second kappa shape index (κ2) is 16.7. The molecule has 1 aromatic carbocycles. The Morgan fingerprint density at radius 1 is 0.784 bits per heavy atom. The summed E-state index contributed by atoms with van der Waals surface area (Å²) in [6.45, 7) is 2.84. The third-order valence-corrected chi connectivity index (χ3v) is 8.27. The molecule has 23 heteroatoms. The topological polar surface area (TPSA) is 169 Å². The van der Waals surface area contributed by atoms with E-state index < -0.39 is 80.3 Å². The van der Waals surface area contributed by atoms with Crippen molar-refractivity contribution >= 4 is 34.6 Å². The minimum Gasteiger partial charge on any atom is -0.858 e. The third-order valence-electron chi connectivity index (χ3n) is 6.64. The molecule has 0 aliphatic carbocycles. The fourth-order valence-corrected chi connectivity index (χ4v) is 6.19. The smallest absolute Gasteiger partial charge is 0.858 e. The van der Waals surface area contributed by atoms with Crippen molar-refractivity contribution in [3.8, 4) is 27.8 Å². The Kier molecular flexibility index (Phi) is 13.8. The van der Waals surface area contributed by atoms with E-state index in [0.29, 0.717) is 22.7 Å². The van der Waals surface area contributed by atoms with Crippen LogP contribution in [0.4, 0.5) is 26.3 Å². The molecule has 0 atom stereocenters. The van der Waals surface area contributed by atoms with E-state index >= 15 is 0 Å². The number of thiazole rings is 2. The summed E-state index contributed by atoms with van der Waals surface area (Å²) in [4.78, 5) is 32.0. The molecular formula is C28H20F6N6Na2O7S2. The molecule has 5 rings (SSSR count). The maximum Gasteiger partial charge on any atom is 1.00 e. The van der Waals surface area contributed by atoms with Crippen molar-refractivity contribution in [1.82, 2.24) is 29.5 Å². The first kappa shape index (κ1) is 42.2. The summed E-state index contributed by atoms with van der Waals surface area (Å²) < 4.78 is 103. The summed E-state index contributed by atoms with van der Waals surface area (Å²) in [7, 11) is 1.08. The molecule has 51 heavy (non-hydrogen) atoms. The van der Waals surface area contributed by atoms with Gasteiger partial charge in [-0.15, -0.1) is 22.7 Å². The largest absolute Gasteiger partial charge is 1.00 e. The number of benzene rings is 1. The van der Waals surface area contributed by atoms with Crippen molar-refractivity contribution in [3.05, 3.63) is 74.5 Å². The van der Waals surface area contributed by atoms with Crippen molar-refractivity contribution in [3.63, 3.8) is 0 Å². The first-order valence-electron chi connectivity index (χ1n) is 13.7. The van der Waals surface area contributed by atoms with Gasteiger partial charge in [-0.1, -0.05) is 18.2 Å². The van der Waals surface area contributed by atoms with Crippen molar-refractivity contribution in [2.45, 2.75) is 32.1 Å². The number of hydrogen-bond donors (Lipinski definition) is 0. The van der Waals surface area contributed by atoms with Crippen molar-refractivity contribution < 1.29 is 119 Å². The van der Waals surface area contributed by atoms with Gasteiger partial charge in [0.2, 0.25) is 10.3 Å². The number of carbonyl (C=O) groups is 2. The SMILES string of the molecule is CCOC(=O)c1csc(-n2nc(C(F)(F)F)c(C(c3ccccc3OC)c3c(C(F)(F)F)nn(-c4nc(C(=O)OCC)cs4)c3[O-])c2[O-])n1.[Na+].[Na+]. The molecule has 4 heterocycles.